The molecule has 2 saturated heterocycles. The van der Waals surface area contributed by atoms with Crippen molar-refractivity contribution in [2.45, 2.75) is 61.7 Å². The Morgan fingerprint density at radius 3 is 2.16 bits per heavy atom. The zero-order valence-corrected chi connectivity index (χ0v) is 13.6. The highest BCUT2D eigenvalue weighted by atomic mass is 16.7. The molecule has 0 saturated carbocycles. The summed E-state index contributed by atoms with van der Waals surface area (Å²) in [5, 5.41) is 58.3. The highest BCUT2D eigenvalue weighted by molar-refractivity contribution is 4.91. The van der Waals surface area contributed by atoms with Crippen LogP contribution in [0.1, 0.15) is 6.42 Å². The van der Waals surface area contributed by atoms with Gasteiger partial charge >= 0.3 is 0 Å². The van der Waals surface area contributed by atoms with Crippen LogP contribution < -0.4 is 5.73 Å². The fraction of sp³-hybridized carbons (Fsp3) is 1.00. The summed E-state index contributed by atoms with van der Waals surface area (Å²) >= 11 is 0. The van der Waals surface area contributed by atoms with E-state index in [-0.39, 0.29) is 19.6 Å². The molecule has 0 aromatic heterocycles. The molecule has 0 aliphatic carbocycles. The molecule has 2 rings (SSSR count). The fourth-order valence-electron chi connectivity index (χ4n) is 2.85. The summed E-state index contributed by atoms with van der Waals surface area (Å²) in [4.78, 5) is 0. The molecule has 25 heavy (non-hydrogen) atoms. The van der Waals surface area contributed by atoms with E-state index in [0.717, 1.165) is 0 Å². The van der Waals surface area contributed by atoms with Gasteiger partial charge in [0.2, 0.25) is 0 Å². The average Bonchev–Trinajstić information content (AvgIpc) is 2.61. The van der Waals surface area contributed by atoms with Gasteiger partial charge in [0.1, 0.15) is 36.6 Å². The first-order valence-electron chi connectivity index (χ1n) is 8.15. The van der Waals surface area contributed by atoms with E-state index in [1.807, 2.05) is 0 Å². The molecule has 0 amide bonds. The summed E-state index contributed by atoms with van der Waals surface area (Å²) in [6.07, 6.45) is -11.0. The lowest BCUT2D eigenvalue weighted by molar-refractivity contribution is -0.350. The lowest BCUT2D eigenvalue weighted by Crippen LogP contribution is -2.62. The van der Waals surface area contributed by atoms with Crippen LogP contribution in [0.2, 0.25) is 0 Å². The summed E-state index contributed by atoms with van der Waals surface area (Å²) in [7, 11) is 0. The zero-order chi connectivity index (χ0) is 18.6. The third kappa shape index (κ3) is 4.84. The van der Waals surface area contributed by atoms with Crippen LogP contribution >= 0.6 is 0 Å². The standard InChI is InChI=1S/C14H27NO10/c15-1-2-22-14-13(12(21)11(20)8(5-17)24-14)25-9-3-6(18)10(19)7(4-16)23-9/h6-14,16-21H,1-5,15H2. The van der Waals surface area contributed by atoms with E-state index in [9.17, 15) is 30.6 Å². The molecule has 8 N–H and O–H groups in total. The van der Waals surface area contributed by atoms with Gasteiger partial charge in [-0.15, -0.1) is 0 Å². The molecule has 2 aliphatic heterocycles. The molecule has 0 aromatic rings. The molecule has 11 heteroatoms. The maximum Gasteiger partial charge on any atom is 0.187 e. The highest BCUT2D eigenvalue weighted by Gasteiger charge is 2.48. The molecular formula is C14H27NO10. The van der Waals surface area contributed by atoms with Crippen LogP contribution in [0, 0.1) is 0 Å². The van der Waals surface area contributed by atoms with Crippen LogP contribution in [-0.4, -0.2) is 112 Å². The number of nitrogens with two attached hydrogens (primary N) is 1. The SMILES string of the molecule is NCCOC1OC(CO)C(O)C(O)C1OC1CC(O)C(O)C(CO)O1. The van der Waals surface area contributed by atoms with Crippen molar-refractivity contribution in [1.29, 1.82) is 0 Å². The Morgan fingerprint density at radius 1 is 0.920 bits per heavy atom. The van der Waals surface area contributed by atoms with E-state index in [0.29, 0.717) is 0 Å². The quantitative estimate of drug-likeness (QED) is 0.230. The van der Waals surface area contributed by atoms with E-state index in [1.54, 1.807) is 0 Å². The lowest BCUT2D eigenvalue weighted by atomic mass is 9.98. The number of ether oxygens (including phenoxy) is 4. The van der Waals surface area contributed by atoms with Crippen LogP contribution in [-0.2, 0) is 18.9 Å². The predicted molar refractivity (Wildman–Crippen MR) is 80.0 cm³/mol. The number of hydrogen-bond acceptors (Lipinski definition) is 11. The minimum absolute atomic E-state index is 0.0810. The highest BCUT2D eigenvalue weighted by Crippen LogP contribution is 2.29. The Labute approximate surface area is 144 Å². The van der Waals surface area contributed by atoms with Crippen LogP contribution in [0.25, 0.3) is 0 Å². The third-order valence-electron chi connectivity index (χ3n) is 4.25. The van der Waals surface area contributed by atoms with E-state index in [4.69, 9.17) is 24.7 Å². The summed E-state index contributed by atoms with van der Waals surface area (Å²) in [5.41, 5.74) is 5.38. The molecular weight excluding hydrogens is 342 g/mol. The minimum atomic E-state index is -1.46. The van der Waals surface area contributed by atoms with Gasteiger partial charge in [-0.2, -0.15) is 0 Å². The summed E-state index contributed by atoms with van der Waals surface area (Å²) in [5.74, 6) is 0. The smallest absolute Gasteiger partial charge is 0.187 e. The number of hydrogen-bond donors (Lipinski definition) is 7. The van der Waals surface area contributed by atoms with E-state index in [1.165, 1.54) is 0 Å². The van der Waals surface area contributed by atoms with Gasteiger partial charge in [-0.3, -0.25) is 0 Å². The van der Waals surface area contributed by atoms with Gasteiger partial charge in [-0.05, 0) is 0 Å². The van der Waals surface area contributed by atoms with Gasteiger partial charge in [0.05, 0.1) is 25.9 Å². The van der Waals surface area contributed by atoms with Crippen LogP contribution in [0.3, 0.4) is 0 Å². The molecule has 2 aliphatic rings. The van der Waals surface area contributed by atoms with Crippen molar-refractivity contribution in [2.24, 2.45) is 5.73 Å². The summed E-state index contributed by atoms with van der Waals surface area (Å²) in [6, 6.07) is 0. The van der Waals surface area contributed by atoms with Gasteiger partial charge in [0, 0.05) is 13.0 Å². The zero-order valence-electron chi connectivity index (χ0n) is 13.6. The Hall–Kier alpha value is -0.440. The Bertz CT molecular complexity index is 402. The second-order valence-corrected chi connectivity index (χ2v) is 6.05. The molecule has 2 heterocycles. The predicted octanol–water partition coefficient (Wildman–Crippen LogP) is -4.38. The van der Waals surface area contributed by atoms with E-state index >= 15 is 0 Å². The molecule has 148 valence electrons. The first-order valence-corrected chi connectivity index (χ1v) is 8.15. The fourth-order valence-corrected chi connectivity index (χ4v) is 2.85. The molecule has 0 aromatic carbocycles. The normalized spacial score (nSPS) is 45.5. The van der Waals surface area contributed by atoms with Crippen molar-refractivity contribution in [3.63, 3.8) is 0 Å². The first kappa shape index (κ1) is 20.9. The van der Waals surface area contributed by atoms with Gasteiger partial charge in [-0.25, -0.2) is 0 Å². The molecule has 9 unspecified atom stereocenters. The topological polar surface area (TPSA) is 184 Å². The van der Waals surface area contributed by atoms with Gasteiger partial charge < -0.3 is 55.3 Å². The summed E-state index contributed by atoms with van der Waals surface area (Å²) < 4.78 is 21.7. The van der Waals surface area contributed by atoms with Crippen molar-refractivity contribution in [3.05, 3.63) is 0 Å². The molecule has 11 nitrogen and oxygen atoms in total. The molecule has 0 spiro atoms. The molecule has 2 fully saturated rings. The first-order chi connectivity index (χ1) is 11.9. The Kier molecular flexibility index (Phi) is 7.91. The van der Waals surface area contributed by atoms with Crippen molar-refractivity contribution >= 4 is 0 Å². The monoisotopic (exact) mass is 369 g/mol. The van der Waals surface area contributed by atoms with Crippen molar-refractivity contribution in [1.82, 2.24) is 0 Å². The van der Waals surface area contributed by atoms with Crippen molar-refractivity contribution < 1.29 is 49.6 Å². The number of aliphatic hydroxyl groups excluding tert-OH is 6. The largest absolute Gasteiger partial charge is 0.394 e. The molecule has 0 bridgehead atoms. The van der Waals surface area contributed by atoms with Crippen molar-refractivity contribution in [2.75, 3.05) is 26.4 Å². The minimum Gasteiger partial charge on any atom is -0.394 e. The van der Waals surface area contributed by atoms with Crippen LogP contribution in [0.15, 0.2) is 0 Å². The maximum absolute atomic E-state index is 10.3. The Morgan fingerprint density at radius 2 is 1.56 bits per heavy atom. The second-order valence-electron chi connectivity index (χ2n) is 6.05. The third-order valence-corrected chi connectivity index (χ3v) is 4.25. The van der Waals surface area contributed by atoms with Crippen LogP contribution in [0.4, 0.5) is 0 Å². The average molecular weight is 369 g/mol. The van der Waals surface area contributed by atoms with Gasteiger partial charge in [0.15, 0.2) is 12.6 Å². The maximum atomic E-state index is 10.3. The van der Waals surface area contributed by atoms with E-state index in [2.05, 4.69) is 0 Å². The number of rotatable bonds is 7. The van der Waals surface area contributed by atoms with Gasteiger partial charge in [0.25, 0.3) is 0 Å². The van der Waals surface area contributed by atoms with Crippen LogP contribution in [0.5, 0.6) is 0 Å². The lowest BCUT2D eigenvalue weighted by Gasteiger charge is -2.44. The Balaban J connectivity index is 2.07. The molecule has 9 atom stereocenters. The van der Waals surface area contributed by atoms with E-state index < -0.39 is 68.5 Å². The molecule has 0 radical (unpaired) electrons. The van der Waals surface area contributed by atoms with Gasteiger partial charge in [-0.1, -0.05) is 0 Å². The summed E-state index contributed by atoms with van der Waals surface area (Å²) in [6.45, 7) is -0.820. The van der Waals surface area contributed by atoms with Crippen molar-refractivity contribution in [3.8, 4) is 0 Å². The number of aliphatic hydroxyl groups is 6. The second kappa shape index (κ2) is 9.48.